The first kappa shape index (κ1) is 23.0. The SMILES string of the molecule is CCNC(=NCC1CCCN(C)C1)NCCCOC1CCCCC1.I. The Bertz CT molecular complexity index is 361. The van der Waals surface area contributed by atoms with E-state index in [0.29, 0.717) is 12.0 Å². The lowest BCUT2D eigenvalue weighted by Gasteiger charge is -2.28. The lowest BCUT2D eigenvalue weighted by atomic mass is 9.98. The molecule has 2 N–H and O–H groups in total. The van der Waals surface area contributed by atoms with Crippen molar-refractivity contribution in [3.05, 3.63) is 0 Å². The number of hydrogen-bond donors (Lipinski definition) is 2. The average Bonchev–Trinajstić information content (AvgIpc) is 2.60. The summed E-state index contributed by atoms with van der Waals surface area (Å²) in [5.41, 5.74) is 0. The maximum Gasteiger partial charge on any atom is 0.191 e. The van der Waals surface area contributed by atoms with Gasteiger partial charge in [0.1, 0.15) is 0 Å². The second-order valence-electron chi connectivity index (χ2n) is 7.40. The Morgan fingerprint density at radius 3 is 2.64 bits per heavy atom. The zero-order valence-electron chi connectivity index (χ0n) is 16.3. The monoisotopic (exact) mass is 466 g/mol. The molecule has 25 heavy (non-hydrogen) atoms. The van der Waals surface area contributed by atoms with Crippen molar-refractivity contribution in [2.75, 3.05) is 46.4 Å². The molecule has 1 heterocycles. The summed E-state index contributed by atoms with van der Waals surface area (Å²) in [4.78, 5) is 7.21. The van der Waals surface area contributed by atoms with Crippen molar-refractivity contribution in [2.24, 2.45) is 10.9 Å². The van der Waals surface area contributed by atoms with Gasteiger partial charge in [-0.1, -0.05) is 19.3 Å². The standard InChI is InChI=1S/C19H38N4O.HI/c1-3-20-19(22-15-17-9-7-13-23(2)16-17)21-12-8-14-24-18-10-5-4-6-11-18;/h17-18H,3-16H2,1-2H3,(H2,20,21,22);1H. The molecular weight excluding hydrogens is 427 g/mol. The van der Waals surface area contributed by atoms with Crippen LogP contribution in [0.5, 0.6) is 0 Å². The molecule has 1 aliphatic heterocycles. The quantitative estimate of drug-likeness (QED) is 0.250. The Kier molecular flexibility index (Phi) is 12.9. The summed E-state index contributed by atoms with van der Waals surface area (Å²) >= 11 is 0. The second-order valence-corrected chi connectivity index (χ2v) is 7.40. The molecule has 1 atom stereocenters. The van der Waals surface area contributed by atoms with E-state index in [1.165, 1.54) is 58.0 Å². The van der Waals surface area contributed by atoms with E-state index in [2.05, 4.69) is 29.5 Å². The predicted molar refractivity (Wildman–Crippen MR) is 117 cm³/mol. The molecule has 0 amide bonds. The third kappa shape index (κ3) is 9.99. The smallest absolute Gasteiger partial charge is 0.191 e. The molecule has 0 aromatic rings. The maximum absolute atomic E-state index is 5.99. The fourth-order valence-electron chi connectivity index (χ4n) is 3.75. The van der Waals surface area contributed by atoms with Gasteiger partial charge in [0.25, 0.3) is 0 Å². The van der Waals surface area contributed by atoms with Crippen LogP contribution in [0.1, 0.15) is 58.3 Å². The number of likely N-dealkylation sites (tertiary alicyclic amines) is 1. The molecule has 148 valence electrons. The molecule has 1 saturated heterocycles. The Labute approximate surface area is 171 Å². The van der Waals surface area contributed by atoms with E-state index in [4.69, 9.17) is 9.73 Å². The van der Waals surface area contributed by atoms with Crippen LogP contribution >= 0.6 is 24.0 Å². The molecule has 2 aliphatic rings. The molecule has 0 aromatic heterocycles. The van der Waals surface area contributed by atoms with Crippen LogP contribution in [-0.2, 0) is 4.74 Å². The molecule has 1 unspecified atom stereocenters. The third-order valence-electron chi connectivity index (χ3n) is 5.09. The largest absolute Gasteiger partial charge is 0.378 e. The van der Waals surface area contributed by atoms with E-state index in [1.807, 2.05) is 0 Å². The molecule has 0 aromatic carbocycles. The molecule has 1 saturated carbocycles. The highest BCUT2D eigenvalue weighted by Gasteiger charge is 2.16. The minimum absolute atomic E-state index is 0. The molecule has 0 bridgehead atoms. The van der Waals surface area contributed by atoms with Crippen molar-refractivity contribution in [2.45, 2.75) is 64.4 Å². The number of nitrogens with one attached hydrogen (secondary N) is 2. The number of aliphatic imine (C=N–C) groups is 1. The van der Waals surface area contributed by atoms with Gasteiger partial charge in [0.05, 0.1) is 6.10 Å². The molecule has 2 rings (SSSR count). The normalized spacial score (nSPS) is 23.1. The van der Waals surface area contributed by atoms with E-state index >= 15 is 0 Å². The minimum Gasteiger partial charge on any atom is -0.378 e. The Hall–Kier alpha value is -0.0800. The van der Waals surface area contributed by atoms with Crippen LogP contribution in [-0.4, -0.2) is 63.3 Å². The summed E-state index contributed by atoms with van der Waals surface area (Å²) in [6.45, 7) is 8.18. The zero-order chi connectivity index (χ0) is 17.0. The van der Waals surface area contributed by atoms with Gasteiger partial charge in [-0.05, 0) is 58.5 Å². The number of hydrogen-bond acceptors (Lipinski definition) is 3. The lowest BCUT2D eigenvalue weighted by molar-refractivity contribution is 0.0277. The molecular formula is C19H39IN4O. The van der Waals surface area contributed by atoms with E-state index < -0.39 is 0 Å². The first-order chi connectivity index (χ1) is 11.8. The summed E-state index contributed by atoms with van der Waals surface area (Å²) in [7, 11) is 2.21. The average molecular weight is 466 g/mol. The van der Waals surface area contributed by atoms with Crippen molar-refractivity contribution in [3.63, 3.8) is 0 Å². The van der Waals surface area contributed by atoms with Crippen LogP contribution in [0.2, 0.25) is 0 Å². The van der Waals surface area contributed by atoms with Crippen LogP contribution in [0.4, 0.5) is 0 Å². The van der Waals surface area contributed by atoms with Gasteiger partial charge < -0.3 is 20.3 Å². The number of rotatable bonds is 8. The highest BCUT2D eigenvalue weighted by Crippen LogP contribution is 2.20. The number of halogens is 1. The summed E-state index contributed by atoms with van der Waals surface area (Å²) in [5, 5.41) is 6.81. The van der Waals surface area contributed by atoms with Gasteiger partial charge in [-0.15, -0.1) is 24.0 Å². The number of piperidine rings is 1. The van der Waals surface area contributed by atoms with Crippen molar-refractivity contribution in [1.29, 1.82) is 0 Å². The Balaban J connectivity index is 0.00000312. The topological polar surface area (TPSA) is 48.9 Å². The first-order valence-electron chi connectivity index (χ1n) is 10.1. The Morgan fingerprint density at radius 1 is 1.12 bits per heavy atom. The third-order valence-corrected chi connectivity index (χ3v) is 5.09. The van der Waals surface area contributed by atoms with E-state index in [1.54, 1.807) is 0 Å². The van der Waals surface area contributed by atoms with E-state index in [9.17, 15) is 0 Å². The van der Waals surface area contributed by atoms with E-state index in [-0.39, 0.29) is 24.0 Å². The Morgan fingerprint density at radius 2 is 1.92 bits per heavy atom. The zero-order valence-corrected chi connectivity index (χ0v) is 18.6. The van der Waals surface area contributed by atoms with Crippen LogP contribution in [0.3, 0.4) is 0 Å². The summed E-state index contributed by atoms with van der Waals surface area (Å²) in [6, 6.07) is 0. The van der Waals surface area contributed by atoms with Gasteiger partial charge in [0.15, 0.2) is 5.96 Å². The highest BCUT2D eigenvalue weighted by atomic mass is 127. The fourth-order valence-corrected chi connectivity index (χ4v) is 3.75. The van der Waals surface area contributed by atoms with Crippen LogP contribution in [0.15, 0.2) is 4.99 Å². The van der Waals surface area contributed by atoms with Crippen LogP contribution < -0.4 is 10.6 Å². The molecule has 5 nitrogen and oxygen atoms in total. The van der Waals surface area contributed by atoms with Gasteiger partial charge in [-0.3, -0.25) is 4.99 Å². The second kappa shape index (κ2) is 14.0. The summed E-state index contributed by atoms with van der Waals surface area (Å²) in [6.07, 6.45) is 10.8. The van der Waals surface area contributed by atoms with Crippen molar-refractivity contribution in [3.8, 4) is 0 Å². The lowest BCUT2D eigenvalue weighted by Crippen LogP contribution is -2.39. The molecule has 0 radical (unpaired) electrons. The molecule has 2 fully saturated rings. The molecule has 6 heteroatoms. The van der Waals surface area contributed by atoms with Gasteiger partial charge >= 0.3 is 0 Å². The predicted octanol–water partition coefficient (Wildman–Crippen LogP) is 3.24. The van der Waals surface area contributed by atoms with Crippen molar-refractivity contribution in [1.82, 2.24) is 15.5 Å². The molecule has 1 aliphatic carbocycles. The molecule has 0 spiro atoms. The number of ether oxygens (including phenoxy) is 1. The number of guanidine groups is 1. The fraction of sp³-hybridized carbons (Fsp3) is 0.947. The van der Waals surface area contributed by atoms with Gasteiger partial charge in [-0.2, -0.15) is 0 Å². The number of nitrogens with zero attached hydrogens (tertiary/aromatic N) is 2. The van der Waals surface area contributed by atoms with Crippen molar-refractivity contribution < 1.29 is 4.74 Å². The van der Waals surface area contributed by atoms with E-state index in [0.717, 1.165) is 38.6 Å². The summed E-state index contributed by atoms with van der Waals surface area (Å²) in [5.74, 6) is 1.66. The van der Waals surface area contributed by atoms with Crippen LogP contribution in [0, 0.1) is 5.92 Å². The van der Waals surface area contributed by atoms with Gasteiger partial charge in [0.2, 0.25) is 0 Å². The van der Waals surface area contributed by atoms with Crippen LogP contribution in [0.25, 0.3) is 0 Å². The first-order valence-corrected chi connectivity index (χ1v) is 10.1. The highest BCUT2D eigenvalue weighted by molar-refractivity contribution is 14.0. The van der Waals surface area contributed by atoms with Crippen molar-refractivity contribution >= 4 is 29.9 Å². The summed E-state index contributed by atoms with van der Waals surface area (Å²) < 4.78 is 5.99. The minimum atomic E-state index is 0. The maximum atomic E-state index is 5.99. The van der Waals surface area contributed by atoms with Gasteiger partial charge in [0, 0.05) is 32.8 Å². The van der Waals surface area contributed by atoms with Gasteiger partial charge in [-0.25, -0.2) is 0 Å².